The lowest BCUT2D eigenvalue weighted by Gasteiger charge is -2.37. The molecule has 2 N–H and O–H groups in total. The largest absolute Gasteiger partial charge is 0.508 e. The molecule has 0 radical (unpaired) electrons. The number of benzene rings is 2. The summed E-state index contributed by atoms with van der Waals surface area (Å²) < 4.78 is 0. The van der Waals surface area contributed by atoms with E-state index in [1.807, 2.05) is 24.3 Å². The predicted octanol–water partition coefficient (Wildman–Crippen LogP) is 2.49. The predicted molar refractivity (Wildman–Crippen MR) is 102 cm³/mol. The van der Waals surface area contributed by atoms with Crippen molar-refractivity contribution < 1.29 is 9.90 Å². The van der Waals surface area contributed by atoms with Gasteiger partial charge >= 0.3 is 6.03 Å². The lowest BCUT2D eigenvalue weighted by Crippen LogP contribution is -2.46. The van der Waals surface area contributed by atoms with Crippen molar-refractivity contribution >= 4 is 23.1 Å². The Morgan fingerprint density at radius 3 is 1.80 bits per heavy atom. The Bertz CT molecular complexity index is 707. The standard InChI is InChI=1S/C19H24N4O2/c1-20-19(25)21(2)15-3-5-16(6-4-15)22-11-13-23(14-12-22)17-7-9-18(24)10-8-17/h3-10,24H,11-14H2,1-2H3,(H,20,25). The number of rotatable bonds is 3. The van der Waals surface area contributed by atoms with Gasteiger partial charge in [0.25, 0.3) is 0 Å². The number of aromatic hydroxyl groups is 1. The van der Waals surface area contributed by atoms with Crippen molar-refractivity contribution in [3.05, 3.63) is 48.5 Å². The van der Waals surface area contributed by atoms with Crippen molar-refractivity contribution in [3.8, 4) is 5.75 Å². The molecule has 0 spiro atoms. The van der Waals surface area contributed by atoms with Gasteiger partial charge in [0.1, 0.15) is 5.75 Å². The highest BCUT2D eigenvalue weighted by molar-refractivity contribution is 5.91. The van der Waals surface area contributed by atoms with E-state index in [0.717, 1.165) is 37.6 Å². The number of anilines is 3. The first-order valence-electron chi connectivity index (χ1n) is 8.43. The summed E-state index contributed by atoms with van der Waals surface area (Å²) >= 11 is 0. The Morgan fingerprint density at radius 2 is 1.36 bits per heavy atom. The third-order valence-corrected chi connectivity index (χ3v) is 4.62. The fourth-order valence-corrected chi connectivity index (χ4v) is 3.06. The van der Waals surface area contributed by atoms with E-state index in [0.29, 0.717) is 5.75 Å². The summed E-state index contributed by atoms with van der Waals surface area (Å²) in [6, 6.07) is 15.3. The molecule has 0 unspecified atom stereocenters. The molecule has 2 amide bonds. The number of amides is 2. The average molecular weight is 340 g/mol. The number of carbonyl (C=O) groups excluding carboxylic acids is 1. The van der Waals surface area contributed by atoms with E-state index >= 15 is 0 Å². The second-order valence-corrected chi connectivity index (χ2v) is 6.12. The molecule has 0 saturated carbocycles. The summed E-state index contributed by atoms with van der Waals surface area (Å²) in [5, 5.41) is 12.0. The van der Waals surface area contributed by atoms with Crippen molar-refractivity contribution in [1.82, 2.24) is 5.32 Å². The van der Waals surface area contributed by atoms with Crippen molar-refractivity contribution in [2.45, 2.75) is 0 Å². The number of nitrogens with one attached hydrogen (secondary N) is 1. The number of hydrogen-bond acceptors (Lipinski definition) is 4. The van der Waals surface area contributed by atoms with Crippen LogP contribution in [0, 0.1) is 0 Å². The molecule has 6 nitrogen and oxygen atoms in total. The monoisotopic (exact) mass is 340 g/mol. The van der Waals surface area contributed by atoms with Gasteiger partial charge in [0.05, 0.1) is 0 Å². The lowest BCUT2D eigenvalue weighted by molar-refractivity contribution is 0.249. The first-order chi connectivity index (χ1) is 12.1. The molecule has 6 heteroatoms. The number of hydrogen-bond donors (Lipinski definition) is 2. The molecule has 3 rings (SSSR count). The van der Waals surface area contributed by atoms with Crippen LogP contribution in [-0.4, -0.2) is 51.4 Å². The molecule has 1 aliphatic rings. The van der Waals surface area contributed by atoms with Crippen molar-refractivity contribution in [1.29, 1.82) is 0 Å². The van der Waals surface area contributed by atoms with Crippen molar-refractivity contribution in [3.63, 3.8) is 0 Å². The molecule has 0 atom stereocenters. The number of phenols is 1. The summed E-state index contributed by atoms with van der Waals surface area (Å²) in [6.07, 6.45) is 0. The quantitative estimate of drug-likeness (QED) is 0.901. The van der Waals surface area contributed by atoms with E-state index < -0.39 is 0 Å². The topological polar surface area (TPSA) is 59.1 Å². The second kappa shape index (κ2) is 7.34. The molecule has 0 aliphatic carbocycles. The van der Waals surface area contributed by atoms with Crippen LogP contribution in [0.5, 0.6) is 5.75 Å². The fraction of sp³-hybridized carbons (Fsp3) is 0.316. The summed E-state index contributed by atoms with van der Waals surface area (Å²) in [5.41, 5.74) is 3.17. The maximum absolute atomic E-state index is 11.7. The van der Waals surface area contributed by atoms with Gasteiger partial charge < -0.3 is 20.2 Å². The van der Waals surface area contributed by atoms with Crippen molar-refractivity contribution in [2.24, 2.45) is 0 Å². The molecule has 1 aliphatic heterocycles. The van der Waals surface area contributed by atoms with Crippen LogP contribution in [0.1, 0.15) is 0 Å². The minimum Gasteiger partial charge on any atom is -0.508 e. The van der Waals surface area contributed by atoms with E-state index in [1.54, 1.807) is 31.1 Å². The maximum Gasteiger partial charge on any atom is 0.321 e. The van der Waals surface area contributed by atoms with Gasteiger partial charge in [-0.05, 0) is 48.5 Å². The zero-order chi connectivity index (χ0) is 17.8. The number of urea groups is 1. The van der Waals surface area contributed by atoms with E-state index in [9.17, 15) is 9.90 Å². The van der Waals surface area contributed by atoms with Gasteiger partial charge in [-0.3, -0.25) is 4.90 Å². The molecule has 0 aromatic heterocycles. The third-order valence-electron chi connectivity index (χ3n) is 4.62. The normalized spacial score (nSPS) is 14.3. The molecular formula is C19H24N4O2. The summed E-state index contributed by atoms with van der Waals surface area (Å²) in [7, 11) is 3.38. The van der Waals surface area contributed by atoms with Crippen LogP contribution in [0.15, 0.2) is 48.5 Å². The molecule has 0 bridgehead atoms. The number of phenolic OH excluding ortho intramolecular Hbond substituents is 1. The first-order valence-corrected chi connectivity index (χ1v) is 8.43. The zero-order valence-corrected chi connectivity index (χ0v) is 14.6. The van der Waals surface area contributed by atoms with Crippen LogP contribution in [0.25, 0.3) is 0 Å². The van der Waals surface area contributed by atoms with Gasteiger partial charge in [0, 0.05) is 57.3 Å². The van der Waals surface area contributed by atoms with Gasteiger partial charge in [-0.2, -0.15) is 0 Å². The Morgan fingerprint density at radius 1 is 0.920 bits per heavy atom. The lowest BCUT2D eigenvalue weighted by atomic mass is 10.2. The van der Waals surface area contributed by atoms with Gasteiger partial charge in [0.2, 0.25) is 0 Å². The molecule has 132 valence electrons. The smallest absolute Gasteiger partial charge is 0.321 e. The van der Waals surface area contributed by atoms with Gasteiger partial charge in [-0.1, -0.05) is 0 Å². The van der Waals surface area contributed by atoms with Crippen molar-refractivity contribution in [2.75, 3.05) is 55.0 Å². The van der Waals surface area contributed by atoms with E-state index in [2.05, 4.69) is 27.2 Å². The summed E-state index contributed by atoms with van der Waals surface area (Å²) in [5.74, 6) is 0.296. The summed E-state index contributed by atoms with van der Waals surface area (Å²) in [6.45, 7) is 3.74. The SMILES string of the molecule is CNC(=O)N(C)c1ccc(N2CCN(c3ccc(O)cc3)CC2)cc1. The Balaban J connectivity index is 1.61. The Kier molecular flexibility index (Phi) is 4.97. The highest BCUT2D eigenvalue weighted by Gasteiger charge is 2.18. The molecule has 1 fully saturated rings. The maximum atomic E-state index is 11.7. The van der Waals surface area contributed by atoms with Crippen LogP contribution in [0.3, 0.4) is 0 Å². The molecule has 1 heterocycles. The number of nitrogens with zero attached hydrogens (tertiary/aromatic N) is 3. The van der Waals surface area contributed by atoms with Crippen LogP contribution < -0.4 is 20.0 Å². The minimum atomic E-state index is -0.129. The molecule has 25 heavy (non-hydrogen) atoms. The van der Waals surface area contributed by atoms with E-state index in [4.69, 9.17) is 0 Å². The minimum absolute atomic E-state index is 0.129. The first kappa shape index (κ1) is 17.0. The van der Waals surface area contributed by atoms with Gasteiger partial charge in [-0.15, -0.1) is 0 Å². The second-order valence-electron chi connectivity index (χ2n) is 6.12. The van der Waals surface area contributed by atoms with E-state index in [-0.39, 0.29) is 6.03 Å². The average Bonchev–Trinajstić information content (AvgIpc) is 2.67. The zero-order valence-electron chi connectivity index (χ0n) is 14.6. The van der Waals surface area contributed by atoms with Crippen LogP contribution in [0.2, 0.25) is 0 Å². The van der Waals surface area contributed by atoms with Crippen LogP contribution >= 0.6 is 0 Å². The summed E-state index contributed by atoms with van der Waals surface area (Å²) in [4.78, 5) is 17.9. The molecule has 1 saturated heterocycles. The molecular weight excluding hydrogens is 316 g/mol. The van der Waals surface area contributed by atoms with E-state index in [1.165, 1.54) is 5.69 Å². The van der Waals surface area contributed by atoms with Crippen LogP contribution in [-0.2, 0) is 0 Å². The molecule has 2 aromatic rings. The van der Waals surface area contributed by atoms with Gasteiger partial charge in [-0.25, -0.2) is 4.79 Å². The number of piperazine rings is 1. The number of carbonyl (C=O) groups is 1. The Hall–Kier alpha value is -2.89. The Labute approximate surface area is 148 Å². The van der Waals surface area contributed by atoms with Crippen LogP contribution in [0.4, 0.5) is 21.9 Å². The highest BCUT2D eigenvalue weighted by atomic mass is 16.3. The molecule has 2 aromatic carbocycles. The third kappa shape index (κ3) is 3.79. The highest BCUT2D eigenvalue weighted by Crippen LogP contribution is 2.24. The fourth-order valence-electron chi connectivity index (χ4n) is 3.06. The van der Waals surface area contributed by atoms with Gasteiger partial charge in [0.15, 0.2) is 0 Å².